The molecule has 0 aliphatic rings. The molecule has 2 atom stereocenters. The largest absolute Gasteiger partial charge is 0.480 e. The number of carbonyl (C=O) groups excluding carboxylic acids is 1. The van der Waals surface area contributed by atoms with Crippen LogP contribution in [0.5, 0.6) is 5.75 Å². The highest BCUT2D eigenvalue weighted by molar-refractivity contribution is 8.00. The van der Waals surface area contributed by atoms with Gasteiger partial charge < -0.3 is 14.6 Å². The van der Waals surface area contributed by atoms with Crippen LogP contribution in [0.15, 0.2) is 53.7 Å². The zero-order chi connectivity index (χ0) is 24.0. The predicted molar refractivity (Wildman–Crippen MR) is 125 cm³/mol. The molecule has 176 valence electrons. The molecule has 0 fully saturated rings. The summed E-state index contributed by atoms with van der Waals surface area (Å²) in [4.78, 5) is 12.8. The molecule has 0 bridgehead atoms. The highest BCUT2D eigenvalue weighted by atomic mass is 32.2. The van der Waals surface area contributed by atoms with Crippen molar-refractivity contribution in [1.29, 1.82) is 0 Å². The van der Waals surface area contributed by atoms with Crippen LogP contribution in [-0.2, 0) is 11.3 Å². The van der Waals surface area contributed by atoms with Gasteiger partial charge in [-0.25, -0.2) is 8.78 Å². The Morgan fingerprint density at radius 3 is 2.36 bits per heavy atom. The summed E-state index contributed by atoms with van der Waals surface area (Å²) < 4.78 is 35.7. The minimum Gasteiger partial charge on any atom is -0.480 e. The van der Waals surface area contributed by atoms with E-state index >= 15 is 0 Å². The first kappa shape index (κ1) is 24.7. The minimum atomic E-state index is -0.560. The van der Waals surface area contributed by atoms with E-state index in [0.717, 1.165) is 0 Å². The number of nitrogens with one attached hydrogen (secondary N) is 1. The predicted octanol–water partition coefficient (Wildman–Crippen LogP) is 5.86. The molecular formula is C24H28F2N4O2S. The van der Waals surface area contributed by atoms with Crippen LogP contribution in [0.3, 0.4) is 0 Å². The molecule has 6 nitrogen and oxygen atoms in total. The van der Waals surface area contributed by atoms with E-state index in [1.807, 2.05) is 11.5 Å². The summed E-state index contributed by atoms with van der Waals surface area (Å²) in [5.74, 6) is -0.316. The Balaban J connectivity index is 1.81. The van der Waals surface area contributed by atoms with Crippen LogP contribution in [0.4, 0.5) is 14.5 Å². The Morgan fingerprint density at radius 2 is 1.73 bits per heavy atom. The number of rotatable bonds is 10. The number of nitrogens with zero attached hydrogens (tertiary/aromatic N) is 3. The van der Waals surface area contributed by atoms with Gasteiger partial charge in [-0.05, 0) is 43.5 Å². The van der Waals surface area contributed by atoms with E-state index in [0.29, 0.717) is 23.9 Å². The van der Waals surface area contributed by atoms with Crippen LogP contribution in [-0.4, -0.2) is 25.9 Å². The number of anilines is 1. The summed E-state index contributed by atoms with van der Waals surface area (Å²) in [7, 11) is 0. The summed E-state index contributed by atoms with van der Waals surface area (Å²) in [6, 6.07) is 12.2. The van der Waals surface area contributed by atoms with Crippen molar-refractivity contribution < 1.29 is 18.3 Å². The average Bonchev–Trinajstić information content (AvgIpc) is 3.16. The molecule has 1 aromatic heterocycles. The standard InChI is InChI=1S/C24H28F2N4O2S/c1-5-21(23(31)27-19-12-8-6-10-17(19)25)33-24-29-28-22(30(24)14-15(2)3)16(4)32-20-13-9-7-11-18(20)26/h6-13,15-16,21H,5,14H2,1-4H3,(H,27,31). The van der Waals surface area contributed by atoms with E-state index in [4.69, 9.17) is 4.74 Å². The van der Waals surface area contributed by atoms with Crippen LogP contribution in [0.1, 0.15) is 46.0 Å². The van der Waals surface area contributed by atoms with Crippen molar-refractivity contribution in [3.63, 3.8) is 0 Å². The molecular weight excluding hydrogens is 446 g/mol. The number of aromatic nitrogens is 3. The van der Waals surface area contributed by atoms with Gasteiger partial charge in [0.05, 0.1) is 10.9 Å². The summed E-state index contributed by atoms with van der Waals surface area (Å²) >= 11 is 1.26. The van der Waals surface area contributed by atoms with Crippen LogP contribution in [0.2, 0.25) is 0 Å². The van der Waals surface area contributed by atoms with E-state index < -0.39 is 23.0 Å². The molecule has 0 spiro atoms. The minimum absolute atomic E-state index is 0.133. The zero-order valence-corrected chi connectivity index (χ0v) is 19.9. The second-order valence-corrected chi connectivity index (χ2v) is 9.19. The molecule has 0 aliphatic heterocycles. The van der Waals surface area contributed by atoms with E-state index in [-0.39, 0.29) is 23.3 Å². The third-order valence-electron chi connectivity index (χ3n) is 4.84. The summed E-state index contributed by atoms with van der Waals surface area (Å²) in [5.41, 5.74) is 0.137. The third kappa shape index (κ3) is 6.31. The first-order valence-electron chi connectivity index (χ1n) is 10.9. The van der Waals surface area contributed by atoms with Gasteiger partial charge in [0, 0.05) is 6.54 Å². The molecule has 1 heterocycles. The molecule has 1 amide bonds. The first-order chi connectivity index (χ1) is 15.8. The lowest BCUT2D eigenvalue weighted by atomic mass is 10.2. The van der Waals surface area contributed by atoms with Gasteiger partial charge in [-0.2, -0.15) is 0 Å². The van der Waals surface area contributed by atoms with Crippen molar-refractivity contribution in [1.82, 2.24) is 14.8 Å². The Labute approximate surface area is 196 Å². The van der Waals surface area contributed by atoms with Crippen molar-refractivity contribution >= 4 is 23.4 Å². The number of amides is 1. The smallest absolute Gasteiger partial charge is 0.238 e. The molecule has 2 unspecified atom stereocenters. The van der Waals surface area contributed by atoms with Gasteiger partial charge >= 0.3 is 0 Å². The summed E-state index contributed by atoms with van der Waals surface area (Å²) in [6.45, 7) is 8.38. The number of halogens is 2. The van der Waals surface area contributed by atoms with Crippen molar-refractivity contribution in [2.24, 2.45) is 5.92 Å². The Kier molecular flexibility index (Phi) is 8.43. The molecule has 0 radical (unpaired) electrons. The van der Waals surface area contributed by atoms with E-state index in [2.05, 4.69) is 29.4 Å². The highest BCUT2D eigenvalue weighted by Crippen LogP contribution is 2.30. The summed E-state index contributed by atoms with van der Waals surface area (Å²) in [5, 5.41) is 11.3. The van der Waals surface area contributed by atoms with Crippen molar-refractivity contribution in [2.45, 2.75) is 57.2 Å². The van der Waals surface area contributed by atoms with Gasteiger partial charge in [-0.15, -0.1) is 10.2 Å². The van der Waals surface area contributed by atoms with Gasteiger partial charge in [-0.1, -0.05) is 56.8 Å². The van der Waals surface area contributed by atoms with Gasteiger partial charge in [0.25, 0.3) is 0 Å². The Bertz CT molecular complexity index is 1090. The van der Waals surface area contributed by atoms with Gasteiger partial charge in [0.15, 0.2) is 28.7 Å². The number of thioether (sulfide) groups is 1. The maximum atomic E-state index is 14.1. The lowest BCUT2D eigenvalue weighted by molar-refractivity contribution is -0.115. The molecule has 0 aliphatic carbocycles. The van der Waals surface area contributed by atoms with Crippen LogP contribution in [0.25, 0.3) is 0 Å². The maximum Gasteiger partial charge on any atom is 0.238 e. The molecule has 0 saturated heterocycles. The molecule has 33 heavy (non-hydrogen) atoms. The van der Waals surface area contributed by atoms with Crippen LogP contribution < -0.4 is 10.1 Å². The van der Waals surface area contributed by atoms with Crippen molar-refractivity contribution in [3.8, 4) is 5.75 Å². The van der Waals surface area contributed by atoms with Gasteiger partial charge in [0.2, 0.25) is 5.91 Å². The number of para-hydroxylation sites is 2. The fraction of sp³-hybridized carbons (Fsp3) is 0.375. The molecule has 1 N–H and O–H groups in total. The quantitative estimate of drug-likeness (QED) is 0.373. The van der Waals surface area contributed by atoms with Gasteiger partial charge in [-0.3, -0.25) is 4.79 Å². The van der Waals surface area contributed by atoms with Crippen LogP contribution in [0, 0.1) is 17.6 Å². The highest BCUT2D eigenvalue weighted by Gasteiger charge is 2.26. The number of hydrogen-bond acceptors (Lipinski definition) is 5. The van der Waals surface area contributed by atoms with E-state index in [9.17, 15) is 13.6 Å². The summed E-state index contributed by atoms with van der Waals surface area (Å²) in [6.07, 6.45) is -0.0503. The zero-order valence-electron chi connectivity index (χ0n) is 19.1. The van der Waals surface area contributed by atoms with E-state index in [1.54, 1.807) is 37.3 Å². The number of benzene rings is 2. The maximum absolute atomic E-state index is 14.1. The Morgan fingerprint density at radius 1 is 1.06 bits per heavy atom. The third-order valence-corrected chi connectivity index (χ3v) is 6.18. The first-order valence-corrected chi connectivity index (χ1v) is 11.7. The van der Waals surface area contributed by atoms with Crippen molar-refractivity contribution in [2.75, 3.05) is 5.32 Å². The second kappa shape index (κ2) is 11.3. The fourth-order valence-electron chi connectivity index (χ4n) is 3.23. The lowest BCUT2D eigenvalue weighted by Crippen LogP contribution is -2.26. The normalized spacial score (nSPS) is 13.1. The molecule has 3 rings (SSSR count). The molecule has 9 heteroatoms. The fourth-order valence-corrected chi connectivity index (χ4v) is 4.20. The second-order valence-electron chi connectivity index (χ2n) is 8.02. The van der Waals surface area contributed by atoms with Crippen molar-refractivity contribution in [3.05, 3.63) is 66.0 Å². The van der Waals surface area contributed by atoms with Gasteiger partial charge in [0.1, 0.15) is 5.82 Å². The Hall–Kier alpha value is -2.94. The average molecular weight is 475 g/mol. The van der Waals surface area contributed by atoms with E-state index in [1.165, 1.54) is 30.0 Å². The monoisotopic (exact) mass is 474 g/mol. The van der Waals surface area contributed by atoms with Crippen LogP contribution >= 0.6 is 11.8 Å². The molecule has 0 saturated carbocycles. The SMILES string of the molecule is CCC(Sc1nnc(C(C)Oc2ccccc2F)n1CC(C)C)C(=O)Nc1ccccc1F. The lowest BCUT2D eigenvalue weighted by Gasteiger charge is -2.19. The number of hydrogen-bond donors (Lipinski definition) is 1. The molecule has 3 aromatic rings. The number of ether oxygens (including phenoxy) is 1. The molecule has 2 aromatic carbocycles. The number of carbonyl (C=O) groups is 1. The topological polar surface area (TPSA) is 69.0 Å².